The molecule has 0 aliphatic carbocycles. The molecule has 2 rings (SSSR count). The highest BCUT2D eigenvalue weighted by Gasteiger charge is 2.14. The maximum atomic E-state index is 12.2. The van der Waals surface area contributed by atoms with Crippen LogP contribution in [0.1, 0.15) is 31.4 Å². The smallest absolute Gasteiger partial charge is 0.233 e. The number of ether oxygens (including phenoxy) is 1. The summed E-state index contributed by atoms with van der Waals surface area (Å²) in [7, 11) is 0. The first-order valence-corrected chi connectivity index (χ1v) is 8.28. The summed E-state index contributed by atoms with van der Waals surface area (Å²) in [6, 6.07) is 12.9. The summed E-state index contributed by atoms with van der Waals surface area (Å²) in [5, 5.41) is 5.55. The van der Waals surface area contributed by atoms with E-state index in [1.807, 2.05) is 52.0 Å². The van der Waals surface area contributed by atoms with Gasteiger partial charge in [-0.25, -0.2) is 0 Å². The lowest BCUT2D eigenvalue weighted by Crippen LogP contribution is -2.22. The van der Waals surface area contributed by atoms with E-state index in [1.54, 1.807) is 18.2 Å². The lowest BCUT2D eigenvalue weighted by Gasteiger charge is -2.15. The monoisotopic (exact) mass is 340 g/mol. The molecular formula is C20H24N2O3. The molecular weight excluding hydrogens is 316 g/mol. The van der Waals surface area contributed by atoms with Gasteiger partial charge in [0.1, 0.15) is 12.2 Å². The molecule has 0 saturated heterocycles. The third-order valence-electron chi connectivity index (χ3n) is 3.59. The predicted octanol–water partition coefficient (Wildman–Crippen LogP) is 4.06. The van der Waals surface area contributed by atoms with Crippen LogP contribution in [-0.4, -0.2) is 17.9 Å². The zero-order valence-corrected chi connectivity index (χ0v) is 15.1. The van der Waals surface area contributed by atoms with Gasteiger partial charge in [0.2, 0.25) is 11.8 Å². The van der Waals surface area contributed by atoms with Crippen LogP contribution in [0.4, 0.5) is 11.4 Å². The second-order valence-electron chi connectivity index (χ2n) is 6.20. The van der Waals surface area contributed by atoms with E-state index in [-0.39, 0.29) is 24.3 Å². The molecule has 5 heteroatoms. The Morgan fingerprint density at radius 3 is 2.16 bits per heavy atom. The molecule has 25 heavy (non-hydrogen) atoms. The van der Waals surface area contributed by atoms with E-state index < -0.39 is 0 Å². The Hall–Kier alpha value is -2.82. The summed E-state index contributed by atoms with van der Waals surface area (Å²) in [6.07, 6.45) is -0.269. The summed E-state index contributed by atoms with van der Waals surface area (Å²) < 4.78 is 5.66. The van der Waals surface area contributed by atoms with Crippen molar-refractivity contribution in [2.45, 2.75) is 40.2 Å². The van der Waals surface area contributed by atoms with Gasteiger partial charge in [-0.1, -0.05) is 30.3 Å². The molecule has 2 N–H and O–H groups in total. The van der Waals surface area contributed by atoms with E-state index in [0.29, 0.717) is 11.4 Å². The van der Waals surface area contributed by atoms with Gasteiger partial charge in [-0.15, -0.1) is 0 Å². The minimum Gasteiger partial charge on any atom is -0.489 e. The van der Waals surface area contributed by atoms with Crippen LogP contribution in [0, 0.1) is 13.8 Å². The molecule has 0 bridgehead atoms. The second-order valence-corrected chi connectivity index (χ2v) is 6.20. The Morgan fingerprint density at radius 2 is 1.52 bits per heavy atom. The number of rotatable bonds is 6. The summed E-state index contributed by atoms with van der Waals surface area (Å²) in [4.78, 5) is 24.4. The molecule has 132 valence electrons. The lowest BCUT2D eigenvalue weighted by atomic mass is 10.1. The van der Waals surface area contributed by atoms with Gasteiger partial charge >= 0.3 is 0 Å². The molecule has 0 fully saturated rings. The number of carbonyl (C=O) groups excluding carboxylic acids is 2. The number of aryl methyl sites for hydroxylation is 2. The van der Waals surface area contributed by atoms with Crippen LogP contribution in [0.15, 0.2) is 42.5 Å². The highest BCUT2D eigenvalue weighted by Crippen LogP contribution is 2.25. The van der Waals surface area contributed by atoms with Crippen molar-refractivity contribution < 1.29 is 14.3 Å². The van der Waals surface area contributed by atoms with E-state index in [9.17, 15) is 9.59 Å². The third-order valence-corrected chi connectivity index (χ3v) is 3.59. The van der Waals surface area contributed by atoms with Gasteiger partial charge in [0, 0.05) is 5.69 Å². The van der Waals surface area contributed by atoms with Gasteiger partial charge in [-0.2, -0.15) is 0 Å². The fraction of sp³-hybridized carbons (Fsp3) is 0.300. The van der Waals surface area contributed by atoms with Crippen molar-refractivity contribution in [1.29, 1.82) is 0 Å². The topological polar surface area (TPSA) is 67.4 Å². The first kappa shape index (κ1) is 18.5. The Kier molecular flexibility index (Phi) is 6.17. The minimum atomic E-state index is -0.386. The van der Waals surface area contributed by atoms with Crippen molar-refractivity contribution in [3.05, 3.63) is 53.6 Å². The maximum absolute atomic E-state index is 12.2. The van der Waals surface area contributed by atoms with E-state index in [0.717, 1.165) is 16.8 Å². The molecule has 0 unspecified atom stereocenters. The van der Waals surface area contributed by atoms with Gasteiger partial charge in [-0.3, -0.25) is 9.59 Å². The largest absolute Gasteiger partial charge is 0.489 e. The summed E-state index contributed by atoms with van der Waals surface area (Å²) in [5.41, 5.74) is 3.23. The van der Waals surface area contributed by atoms with Crippen molar-refractivity contribution in [3.63, 3.8) is 0 Å². The van der Waals surface area contributed by atoms with Crippen LogP contribution in [0.25, 0.3) is 0 Å². The highest BCUT2D eigenvalue weighted by atomic mass is 16.5. The second kappa shape index (κ2) is 8.33. The Balaban J connectivity index is 2.00. The van der Waals surface area contributed by atoms with Crippen molar-refractivity contribution in [2.24, 2.45) is 0 Å². The molecule has 0 heterocycles. The van der Waals surface area contributed by atoms with Crippen LogP contribution in [0.5, 0.6) is 5.75 Å². The molecule has 0 aliphatic heterocycles. The maximum Gasteiger partial charge on any atom is 0.233 e. The molecule has 0 radical (unpaired) electrons. The molecule has 0 atom stereocenters. The highest BCUT2D eigenvalue weighted by molar-refractivity contribution is 6.08. The average Bonchev–Trinajstić information content (AvgIpc) is 2.52. The Labute approximate surface area is 148 Å². The van der Waals surface area contributed by atoms with Gasteiger partial charge in [0.15, 0.2) is 0 Å². The average molecular weight is 340 g/mol. The molecule has 2 aromatic rings. The third kappa shape index (κ3) is 5.35. The van der Waals surface area contributed by atoms with Gasteiger partial charge in [0.25, 0.3) is 0 Å². The van der Waals surface area contributed by atoms with E-state index >= 15 is 0 Å². The molecule has 0 aliphatic rings. The zero-order chi connectivity index (χ0) is 18.4. The van der Waals surface area contributed by atoms with Crippen LogP contribution in [0.3, 0.4) is 0 Å². The number of para-hydroxylation sites is 3. The molecule has 2 aromatic carbocycles. The fourth-order valence-corrected chi connectivity index (χ4v) is 2.46. The van der Waals surface area contributed by atoms with Crippen molar-refractivity contribution in [2.75, 3.05) is 10.6 Å². The number of hydrogen-bond acceptors (Lipinski definition) is 3. The van der Waals surface area contributed by atoms with Crippen molar-refractivity contribution in [3.8, 4) is 5.75 Å². The Morgan fingerprint density at radius 1 is 0.920 bits per heavy atom. The molecule has 0 saturated carbocycles. The standard InChI is InChI=1S/C20H24N2O3/c1-13(2)25-17-11-6-5-10-16(17)21-18(23)12-19(24)22-20-14(3)8-7-9-15(20)4/h5-11,13H,12H2,1-4H3,(H,21,23)(H,22,24). The van der Waals surface area contributed by atoms with E-state index in [4.69, 9.17) is 4.74 Å². The number of amides is 2. The Bertz CT molecular complexity index is 749. The summed E-state index contributed by atoms with van der Waals surface area (Å²) in [5.74, 6) is -0.151. The minimum absolute atomic E-state index is 0.00891. The van der Waals surface area contributed by atoms with Gasteiger partial charge < -0.3 is 15.4 Å². The van der Waals surface area contributed by atoms with Gasteiger partial charge in [0.05, 0.1) is 11.8 Å². The van der Waals surface area contributed by atoms with Crippen LogP contribution >= 0.6 is 0 Å². The van der Waals surface area contributed by atoms with E-state index in [1.165, 1.54) is 0 Å². The molecule has 5 nitrogen and oxygen atoms in total. The van der Waals surface area contributed by atoms with Crippen molar-refractivity contribution in [1.82, 2.24) is 0 Å². The number of carbonyl (C=O) groups is 2. The summed E-state index contributed by atoms with van der Waals surface area (Å²) in [6.45, 7) is 7.66. The molecule has 0 aromatic heterocycles. The number of benzene rings is 2. The van der Waals surface area contributed by atoms with Crippen LogP contribution in [0.2, 0.25) is 0 Å². The summed E-state index contributed by atoms with van der Waals surface area (Å²) >= 11 is 0. The number of hydrogen-bond donors (Lipinski definition) is 2. The number of anilines is 2. The predicted molar refractivity (Wildman–Crippen MR) is 100.0 cm³/mol. The SMILES string of the molecule is Cc1cccc(C)c1NC(=O)CC(=O)Nc1ccccc1OC(C)C. The number of nitrogens with one attached hydrogen (secondary N) is 2. The lowest BCUT2D eigenvalue weighted by molar-refractivity contribution is -0.123. The van der Waals surface area contributed by atoms with E-state index in [2.05, 4.69) is 10.6 Å². The fourth-order valence-electron chi connectivity index (χ4n) is 2.46. The first-order chi connectivity index (χ1) is 11.9. The first-order valence-electron chi connectivity index (χ1n) is 8.28. The van der Waals surface area contributed by atoms with Crippen LogP contribution < -0.4 is 15.4 Å². The normalized spacial score (nSPS) is 10.4. The zero-order valence-electron chi connectivity index (χ0n) is 15.1. The van der Waals surface area contributed by atoms with Gasteiger partial charge in [-0.05, 0) is 51.0 Å². The molecule has 0 spiro atoms. The quantitative estimate of drug-likeness (QED) is 0.779. The van der Waals surface area contributed by atoms with Crippen molar-refractivity contribution >= 4 is 23.2 Å². The molecule has 2 amide bonds. The van der Waals surface area contributed by atoms with Crippen LogP contribution in [-0.2, 0) is 9.59 Å².